The number of nitrogens with two attached hydrogens (primary N) is 1. The molecule has 0 unspecified atom stereocenters. The normalized spacial score (nSPS) is 19.8. The highest BCUT2D eigenvalue weighted by molar-refractivity contribution is 7.16. The zero-order valence-electron chi connectivity index (χ0n) is 10.6. The summed E-state index contributed by atoms with van der Waals surface area (Å²) in [5.41, 5.74) is 8.12. The van der Waals surface area contributed by atoms with Crippen LogP contribution in [-0.2, 0) is 12.8 Å². The lowest BCUT2D eigenvalue weighted by Crippen LogP contribution is -2.26. The second-order valence-electron chi connectivity index (χ2n) is 5.40. The van der Waals surface area contributed by atoms with Gasteiger partial charge in [-0.1, -0.05) is 12.8 Å². The minimum Gasteiger partial charge on any atom is -0.390 e. The minimum absolute atomic E-state index is 0.0630. The summed E-state index contributed by atoms with van der Waals surface area (Å²) < 4.78 is 0. The van der Waals surface area contributed by atoms with E-state index in [0.29, 0.717) is 6.04 Å². The minimum atomic E-state index is 0.0630. The predicted molar refractivity (Wildman–Crippen MR) is 75.1 cm³/mol. The molecule has 1 saturated carbocycles. The third-order valence-electron chi connectivity index (χ3n) is 3.84. The lowest BCUT2D eigenvalue weighted by Gasteiger charge is -2.11. The number of fused-ring (bicyclic) bond motifs is 1. The molecule has 1 aromatic heterocycles. The summed E-state index contributed by atoms with van der Waals surface area (Å²) in [5.74, 6) is 0.0630. The fourth-order valence-corrected chi connectivity index (χ4v) is 3.83. The number of anilines is 1. The SMILES string of the molecule is Nc1sc2c(c1C(=O)NC1CC1)CCCCCC2. The van der Waals surface area contributed by atoms with Gasteiger partial charge in [-0.25, -0.2) is 0 Å². The third-order valence-corrected chi connectivity index (χ3v) is 4.96. The molecule has 4 heteroatoms. The summed E-state index contributed by atoms with van der Waals surface area (Å²) in [7, 11) is 0. The van der Waals surface area contributed by atoms with Crippen molar-refractivity contribution in [1.29, 1.82) is 0 Å². The van der Waals surface area contributed by atoms with Crippen molar-refractivity contribution < 1.29 is 4.79 Å². The van der Waals surface area contributed by atoms with Gasteiger partial charge in [0.1, 0.15) is 0 Å². The van der Waals surface area contributed by atoms with Crippen LogP contribution in [0.15, 0.2) is 0 Å². The average molecular weight is 264 g/mol. The highest BCUT2D eigenvalue weighted by Crippen LogP contribution is 2.35. The average Bonchev–Trinajstić information content (AvgIpc) is 3.05. The molecular weight excluding hydrogens is 244 g/mol. The van der Waals surface area contributed by atoms with Crippen LogP contribution in [0.5, 0.6) is 0 Å². The Labute approximate surface area is 112 Å². The van der Waals surface area contributed by atoms with E-state index in [4.69, 9.17) is 5.73 Å². The quantitative estimate of drug-likeness (QED) is 0.863. The van der Waals surface area contributed by atoms with Crippen LogP contribution in [0.1, 0.15) is 59.3 Å². The number of carbonyl (C=O) groups is 1. The standard InChI is InChI=1S/C14H20N2OS/c15-13-12(14(17)16-9-7-8-9)10-5-3-1-2-4-6-11(10)18-13/h9H,1-8,15H2,(H,16,17). The van der Waals surface area contributed by atoms with E-state index in [1.165, 1.54) is 36.1 Å². The maximum absolute atomic E-state index is 12.3. The van der Waals surface area contributed by atoms with Crippen molar-refractivity contribution in [2.45, 2.75) is 57.4 Å². The van der Waals surface area contributed by atoms with Crippen molar-refractivity contribution >= 4 is 22.2 Å². The number of nitrogen functional groups attached to an aromatic ring is 1. The number of nitrogens with one attached hydrogen (secondary N) is 1. The Morgan fingerprint density at radius 1 is 1.17 bits per heavy atom. The molecule has 2 aliphatic carbocycles. The van der Waals surface area contributed by atoms with Gasteiger partial charge in [0, 0.05) is 10.9 Å². The predicted octanol–water partition coefficient (Wildman–Crippen LogP) is 2.88. The molecular formula is C14H20N2OS. The first-order valence-electron chi connectivity index (χ1n) is 6.96. The first-order valence-corrected chi connectivity index (χ1v) is 7.78. The van der Waals surface area contributed by atoms with Crippen molar-refractivity contribution in [2.75, 3.05) is 5.73 Å². The Morgan fingerprint density at radius 2 is 1.89 bits per heavy atom. The van der Waals surface area contributed by atoms with Crippen LogP contribution in [0, 0.1) is 0 Å². The van der Waals surface area contributed by atoms with E-state index in [2.05, 4.69) is 5.32 Å². The van der Waals surface area contributed by atoms with E-state index in [-0.39, 0.29) is 5.91 Å². The smallest absolute Gasteiger partial charge is 0.254 e. The Bertz CT molecular complexity index is 463. The number of hydrogen-bond acceptors (Lipinski definition) is 3. The monoisotopic (exact) mass is 264 g/mol. The second kappa shape index (κ2) is 4.92. The van der Waals surface area contributed by atoms with Gasteiger partial charge in [0.2, 0.25) is 0 Å². The summed E-state index contributed by atoms with van der Waals surface area (Å²) in [4.78, 5) is 13.6. The Morgan fingerprint density at radius 3 is 2.61 bits per heavy atom. The number of carbonyl (C=O) groups excluding carboxylic acids is 1. The number of amides is 1. The first-order chi connectivity index (χ1) is 8.75. The summed E-state index contributed by atoms with van der Waals surface area (Å²) in [6, 6.07) is 0.404. The Hall–Kier alpha value is -1.03. The van der Waals surface area contributed by atoms with Crippen molar-refractivity contribution in [3.8, 4) is 0 Å². The van der Waals surface area contributed by atoms with Crippen molar-refractivity contribution in [1.82, 2.24) is 5.32 Å². The topological polar surface area (TPSA) is 55.1 Å². The first kappa shape index (κ1) is 12.0. The van der Waals surface area contributed by atoms with Gasteiger partial charge >= 0.3 is 0 Å². The molecule has 2 aliphatic rings. The van der Waals surface area contributed by atoms with Crippen LogP contribution in [-0.4, -0.2) is 11.9 Å². The van der Waals surface area contributed by atoms with Gasteiger partial charge in [0.15, 0.2) is 0 Å². The van der Waals surface area contributed by atoms with Gasteiger partial charge in [0.05, 0.1) is 10.6 Å². The van der Waals surface area contributed by atoms with Crippen LogP contribution in [0.3, 0.4) is 0 Å². The molecule has 3 N–H and O–H groups in total. The lowest BCUT2D eigenvalue weighted by atomic mass is 9.96. The zero-order valence-corrected chi connectivity index (χ0v) is 11.4. The fraction of sp³-hybridized carbons (Fsp3) is 0.643. The number of thiophene rings is 1. The summed E-state index contributed by atoms with van der Waals surface area (Å²) in [6.07, 6.45) is 9.37. The molecule has 0 aromatic carbocycles. The molecule has 0 bridgehead atoms. The largest absolute Gasteiger partial charge is 0.390 e. The maximum Gasteiger partial charge on any atom is 0.254 e. The number of aryl methyl sites for hydroxylation is 1. The molecule has 0 spiro atoms. The molecule has 0 aliphatic heterocycles. The van der Waals surface area contributed by atoms with Gasteiger partial charge in [-0.05, 0) is 44.1 Å². The van der Waals surface area contributed by atoms with Gasteiger partial charge in [-0.2, -0.15) is 0 Å². The van der Waals surface area contributed by atoms with E-state index >= 15 is 0 Å². The van der Waals surface area contributed by atoms with Crippen molar-refractivity contribution in [3.05, 3.63) is 16.0 Å². The molecule has 98 valence electrons. The van der Waals surface area contributed by atoms with Crippen LogP contribution < -0.4 is 11.1 Å². The van der Waals surface area contributed by atoms with E-state index in [0.717, 1.165) is 36.2 Å². The van der Waals surface area contributed by atoms with Crippen LogP contribution in [0.25, 0.3) is 0 Å². The fourth-order valence-electron chi connectivity index (χ4n) is 2.67. The van der Waals surface area contributed by atoms with Crippen LogP contribution in [0.2, 0.25) is 0 Å². The summed E-state index contributed by atoms with van der Waals surface area (Å²) in [5, 5.41) is 3.79. The molecule has 1 heterocycles. The molecule has 0 atom stereocenters. The van der Waals surface area contributed by atoms with Gasteiger partial charge in [0.25, 0.3) is 5.91 Å². The number of hydrogen-bond donors (Lipinski definition) is 2. The Kier molecular flexibility index (Phi) is 3.29. The van der Waals surface area contributed by atoms with Crippen molar-refractivity contribution in [3.63, 3.8) is 0 Å². The zero-order chi connectivity index (χ0) is 12.5. The highest BCUT2D eigenvalue weighted by Gasteiger charge is 2.28. The Balaban J connectivity index is 1.89. The van der Waals surface area contributed by atoms with E-state index in [1.807, 2.05) is 0 Å². The number of rotatable bonds is 2. The van der Waals surface area contributed by atoms with Crippen molar-refractivity contribution in [2.24, 2.45) is 0 Å². The van der Waals surface area contributed by atoms with Gasteiger partial charge < -0.3 is 11.1 Å². The van der Waals surface area contributed by atoms with E-state index < -0.39 is 0 Å². The molecule has 18 heavy (non-hydrogen) atoms. The molecule has 1 fully saturated rings. The molecule has 0 radical (unpaired) electrons. The van der Waals surface area contributed by atoms with Crippen LogP contribution >= 0.6 is 11.3 Å². The van der Waals surface area contributed by atoms with E-state index in [9.17, 15) is 4.79 Å². The highest BCUT2D eigenvalue weighted by atomic mass is 32.1. The van der Waals surface area contributed by atoms with E-state index in [1.54, 1.807) is 11.3 Å². The molecule has 3 nitrogen and oxygen atoms in total. The third kappa shape index (κ3) is 2.39. The molecule has 1 amide bonds. The molecule has 1 aromatic rings. The van der Waals surface area contributed by atoms with Crippen LogP contribution in [0.4, 0.5) is 5.00 Å². The van der Waals surface area contributed by atoms with Gasteiger partial charge in [-0.3, -0.25) is 4.79 Å². The van der Waals surface area contributed by atoms with Gasteiger partial charge in [-0.15, -0.1) is 11.3 Å². The lowest BCUT2D eigenvalue weighted by molar-refractivity contribution is 0.0951. The summed E-state index contributed by atoms with van der Waals surface area (Å²) >= 11 is 1.63. The summed E-state index contributed by atoms with van der Waals surface area (Å²) in [6.45, 7) is 0. The molecule has 0 saturated heterocycles. The molecule has 3 rings (SSSR count). The second-order valence-corrected chi connectivity index (χ2v) is 6.54. The maximum atomic E-state index is 12.3.